The van der Waals surface area contributed by atoms with Gasteiger partial charge in [0.05, 0.1) is 13.0 Å². The summed E-state index contributed by atoms with van der Waals surface area (Å²) in [6.45, 7) is -0.219. The Bertz CT molecular complexity index is 266. The van der Waals surface area contributed by atoms with Crippen LogP contribution in [0.4, 0.5) is 0 Å². The van der Waals surface area contributed by atoms with Crippen molar-refractivity contribution in [2.45, 2.75) is 9.84 Å². The van der Waals surface area contributed by atoms with E-state index in [0.717, 1.165) is 0 Å². The Morgan fingerprint density at radius 1 is 1.67 bits per heavy atom. The molecule has 1 aliphatic rings. The summed E-state index contributed by atoms with van der Waals surface area (Å²) in [4.78, 5) is 33.0. The van der Waals surface area contributed by atoms with Gasteiger partial charge in [0.25, 0.3) is 5.91 Å². The molecule has 1 saturated heterocycles. The molecule has 2 amide bonds. The van der Waals surface area contributed by atoms with Gasteiger partial charge in [-0.2, -0.15) is 0 Å². The number of carbonyl (C=O) groups is 3. The number of alkyl halides is 1. The average Bonchev–Trinajstić information content (AvgIpc) is 2.26. The number of imide groups is 1. The van der Waals surface area contributed by atoms with Crippen molar-refractivity contribution in [2.24, 2.45) is 5.73 Å². The molecule has 0 aromatic rings. The van der Waals surface area contributed by atoms with Crippen LogP contribution in [0.2, 0.25) is 0 Å². The third kappa shape index (κ3) is 1.36. The Hall–Kier alpha value is -0.500. The maximum absolute atomic E-state index is 11.1. The summed E-state index contributed by atoms with van der Waals surface area (Å²) in [7, 11) is 0. The zero-order valence-corrected chi connectivity index (χ0v) is 8.25. The summed E-state index contributed by atoms with van der Waals surface area (Å²) in [5.74, 6) is -1.38. The van der Waals surface area contributed by atoms with Crippen molar-refractivity contribution >= 4 is 40.2 Å². The van der Waals surface area contributed by atoms with Crippen LogP contribution in [0.1, 0.15) is 6.42 Å². The topological polar surface area (TPSA) is 89.3 Å². The van der Waals surface area contributed by atoms with E-state index in [2.05, 4.69) is 5.32 Å². The van der Waals surface area contributed by atoms with E-state index in [-0.39, 0.29) is 13.0 Å². The number of ketones is 1. The minimum Gasteiger partial charge on any atom is -0.324 e. The van der Waals surface area contributed by atoms with Gasteiger partial charge in [0.2, 0.25) is 5.91 Å². The van der Waals surface area contributed by atoms with E-state index in [1.165, 1.54) is 0 Å². The highest BCUT2D eigenvalue weighted by Crippen LogP contribution is 2.28. The summed E-state index contributed by atoms with van der Waals surface area (Å²) in [5.41, 5.74) is 5.10. The summed E-state index contributed by atoms with van der Waals surface area (Å²) in [6, 6.07) is 0. The smallest absolute Gasteiger partial charge is 0.250 e. The van der Waals surface area contributed by atoms with Gasteiger partial charge in [-0.05, 0) is 0 Å². The van der Waals surface area contributed by atoms with Crippen molar-refractivity contribution in [3.05, 3.63) is 0 Å². The molecule has 0 aromatic heterocycles. The first kappa shape index (κ1) is 9.59. The second-order valence-electron chi connectivity index (χ2n) is 2.48. The molecule has 1 fully saturated rings. The van der Waals surface area contributed by atoms with E-state index in [1.54, 1.807) is 22.6 Å². The largest absolute Gasteiger partial charge is 0.324 e. The molecular formula is C6H7IN2O3. The van der Waals surface area contributed by atoms with Crippen LogP contribution in [0.15, 0.2) is 0 Å². The van der Waals surface area contributed by atoms with Gasteiger partial charge in [-0.25, -0.2) is 0 Å². The molecule has 0 aromatic carbocycles. The van der Waals surface area contributed by atoms with Crippen molar-refractivity contribution in [3.63, 3.8) is 0 Å². The number of carbonyl (C=O) groups excluding carboxylic acids is 3. The predicted octanol–water partition coefficient (Wildman–Crippen LogP) is -1.27. The van der Waals surface area contributed by atoms with Crippen LogP contribution < -0.4 is 11.1 Å². The highest BCUT2D eigenvalue weighted by molar-refractivity contribution is 14.1. The number of amides is 2. The van der Waals surface area contributed by atoms with Crippen LogP contribution in [0, 0.1) is 0 Å². The minimum atomic E-state index is -1.26. The monoisotopic (exact) mass is 282 g/mol. The van der Waals surface area contributed by atoms with Crippen molar-refractivity contribution in [2.75, 3.05) is 6.54 Å². The second-order valence-corrected chi connectivity index (χ2v) is 4.32. The van der Waals surface area contributed by atoms with Crippen LogP contribution in [-0.2, 0) is 14.4 Å². The Kier molecular flexibility index (Phi) is 2.47. The number of halogens is 1. The Morgan fingerprint density at radius 3 is 2.58 bits per heavy atom. The van der Waals surface area contributed by atoms with Gasteiger partial charge in [0.15, 0.2) is 9.20 Å². The van der Waals surface area contributed by atoms with Crippen molar-refractivity contribution in [1.82, 2.24) is 5.32 Å². The van der Waals surface area contributed by atoms with Gasteiger partial charge < -0.3 is 5.73 Å². The van der Waals surface area contributed by atoms with E-state index < -0.39 is 21.0 Å². The Labute approximate surface area is 82.2 Å². The molecule has 0 spiro atoms. The van der Waals surface area contributed by atoms with E-state index in [4.69, 9.17) is 5.73 Å². The number of hydrogen-bond donors (Lipinski definition) is 2. The van der Waals surface area contributed by atoms with Crippen molar-refractivity contribution < 1.29 is 14.4 Å². The Balaban J connectivity index is 2.92. The van der Waals surface area contributed by atoms with Gasteiger partial charge in [0.1, 0.15) is 0 Å². The lowest BCUT2D eigenvalue weighted by Gasteiger charge is -2.13. The van der Waals surface area contributed by atoms with Gasteiger partial charge in [0, 0.05) is 0 Å². The number of nitrogens with two attached hydrogens (primary N) is 1. The molecule has 1 rings (SSSR count). The number of hydrogen-bond acceptors (Lipinski definition) is 4. The summed E-state index contributed by atoms with van der Waals surface area (Å²) < 4.78 is -1.26. The van der Waals surface area contributed by atoms with Gasteiger partial charge in [-0.15, -0.1) is 0 Å². The fourth-order valence-electron chi connectivity index (χ4n) is 0.958. The second kappa shape index (κ2) is 3.09. The standard InChI is InChI=1S/C6H7IN2O3/c7-6(3(10)2-8)1-4(11)9-5(6)12/h1-2,8H2,(H,9,11,12). The molecule has 1 atom stereocenters. The number of rotatable bonds is 2. The average molecular weight is 282 g/mol. The predicted molar refractivity (Wildman–Crippen MR) is 48.6 cm³/mol. The van der Waals surface area contributed by atoms with Crippen molar-refractivity contribution in [1.29, 1.82) is 0 Å². The molecule has 1 heterocycles. The van der Waals surface area contributed by atoms with Crippen LogP contribution >= 0.6 is 22.6 Å². The molecule has 66 valence electrons. The fourth-order valence-corrected chi connectivity index (χ4v) is 1.66. The van der Waals surface area contributed by atoms with Gasteiger partial charge >= 0.3 is 0 Å². The molecule has 3 N–H and O–H groups in total. The van der Waals surface area contributed by atoms with E-state index in [1.807, 2.05) is 0 Å². The zero-order chi connectivity index (χ0) is 9.35. The number of Topliss-reactive ketones (excluding diaryl/α,β-unsaturated/α-hetero) is 1. The van der Waals surface area contributed by atoms with Crippen LogP contribution in [0.5, 0.6) is 0 Å². The third-order valence-electron chi connectivity index (χ3n) is 1.64. The molecule has 1 aliphatic heterocycles. The molecule has 12 heavy (non-hydrogen) atoms. The first-order valence-corrected chi connectivity index (χ1v) is 4.35. The molecule has 0 saturated carbocycles. The number of nitrogens with one attached hydrogen (secondary N) is 1. The molecule has 0 bridgehead atoms. The van der Waals surface area contributed by atoms with E-state index >= 15 is 0 Å². The third-order valence-corrected chi connectivity index (χ3v) is 3.12. The summed E-state index contributed by atoms with van der Waals surface area (Å²) >= 11 is 1.67. The first-order valence-electron chi connectivity index (χ1n) is 3.27. The lowest BCUT2D eigenvalue weighted by atomic mass is 10.0. The van der Waals surface area contributed by atoms with Gasteiger partial charge in [-0.1, -0.05) is 22.6 Å². The molecule has 5 nitrogen and oxygen atoms in total. The highest BCUT2D eigenvalue weighted by atomic mass is 127. The van der Waals surface area contributed by atoms with Crippen molar-refractivity contribution in [3.8, 4) is 0 Å². The first-order chi connectivity index (χ1) is 5.50. The summed E-state index contributed by atoms with van der Waals surface area (Å²) in [5, 5.41) is 2.06. The molecule has 6 heteroatoms. The lowest BCUT2D eigenvalue weighted by Crippen LogP contribution is -2.43. The molecular weight excluding hydrogens is 275 g/mol. The van der Waals surface area contributed by atoms with E-state index in [9.17, 15) is 14.4 Å². The maximum Gasteiger partial charge on any atom is 0.250 e. The maximum atomic E-state index is 11.1. The molecule has 0 radical (unpaired) electrons. The highest BCUT2D eigenvalue weighted by Gasteiger charge is 2.49. The molecule has 0 aliphatic carbocycles. The SMILES string of the molecule is NCC(=O)C1(I)CC(=O)NC1=O. The van der Waals surface area contributed by atoms with Crippen LogP contribution in [0.3, 0.4) is 0 Å². The quantitative estimate of drug-likeness (QED) is 0.286. The fraction of sp³-hybridized carbons (Fsp3) is 0.500. The normalized spacial score (nSPS) is 28.8. The van der Waals surface area contributed by atoms with Crippen LogP contribution in [0.25, 0.3) is 0 Å². The van der Waals surface area contributed by atoms with Crippen LogP contribution in [-0.4, -0.2) is 27.6 Å². The Morgan fingerprint density at radius 2 is 2.25 bits per heavy atom. The minimum absolute atomic E-state index is 0.0948. The summed E-state index contributed by atoms with van der Waals surface area (Å²) in [6.07, 6.45) is -0.0948. The van der Waals surface area contributed by atoms with Gasteiger partial charge in [-0.3, -0.25) is 19.7 Å². The van der Waals surface area contributed by atoms with E-state index in [0.29, 0.717) is 0 Å². The lowest BCUT2D eigenvalue weighted by molar-refractivity contribution is -0.128. The molecule has 1 unspecified atom stereocenters. The zero-order valence-electron chi connectivity index (χ0n) is 6.09.